The number of nitrogens with zero attached hydrogens (tertiary/aromatic N) is 1. The lowest BCUT2D eigenvalue weighted by molar-refractivity contribution is 0.381. The van der Waals surface area contributed by atoms with Gasteiger partial charge in [-0.05, 0) is 36.8 Å². The van der Waals surface area contributed by atoms with Crippen molar-refractivity contribution in [1.29, 1.82) is 0 Å². The second kappa shape index (κ2) is 7.36. The standard InChI is InChI=1S/C13H23N3/c1-3-11(2)9-13(16-14)7-6-12-5-4-8-15-10-12/h4-5,8,10-11,13,16H,3,6-7,9,14H2,1-2H3. The third-order valence-corrected chi connectivity index (χ3v) is 3.12. The van der Waals surface area contributed by atoms with Gasteiger partial charge in [-0.15, -0.1) is 0 Å². The summed E-state index contributed by atoms with van der Waals surface area (Å²) in [5.74, 6) is 6.31. The third kappa shape index (κ3) is 4.73. The molecule has 1 heterocycles. The van der Waals surface area contributed by atoms with E-state index >= 15 is 0 Å². The number of hydrazine groups is 1. The lowest BCUT2D eigenvalue weighted by Crippen LogP contribution is -2.36. The minimum Gasteiger partial charge on any atom is -0.271 e. The van der Waals surface area contributed by atoms with Gasteiger partial charge < -0.3 is 0 Å². The van der Waals surface area contributed by atoms with Crippen molar-refractivity contribution >= 4 is 0 Å². The summed E-state index contributed by atoms with van der Waals surface area (Å²) in [4.78, 5) is 4.11. The smallest absolute Gasteiger partial charge is 0.0299 e. The molecule has 0 fully saturated rings. The van der Waals surface area contributed by atoms with Crippen molar-refractivity contribution in [2.45, 2.75) is 45.6 Å². The van der Waals surface area contributed by atoms with E-state index in [1.54, 1.807) is 6.20 Å². The third-order valence-electron chi connectivity index (χ3n) is 3.12. The normalized spacial score (nSPS) is 14.7. The van der Waals surface area contributed by atoms with E-state index in [0.717, 1.165) is 25.2 Å². The van der Waals surface area contributed by atoms with Crippen LogP contribution in [-0.4, -0.2) is 11.0 Å². The summed E-state index contributed by atoms with van der Waals surface area (Å²) in [6.07, 6.45) is 8.21. The van der Waals surface area contributed by atoms with Gasteiger partial charge >= 0.3 is 0 Å². The van der Waals surface area contributed by atoms with Crippen LogP contribution in [0.3, 0.4) is 0 Å². The first kappa shape index (κ1) is 13.1. The lowest BCUT2D eigenvalue weighted by Gasteiger charge is -2.19. The molecule has 0 spiro atoms. The Kier molecular flexibility index (Phi) is 6.04. The van der Waals surface area contributed by atoms with Crippen LogP contribution >= 0.6 is 0 Å². The van der Waals surface area contributed by atoms with Gasteiger partial charge in [-0.3, -0.25) is 16.3 Å². The molecule has 0 aliphatic rings. The first-order valence-electron chi connectivity index (χ1n) is 6.11. The van der Waals surface area contributed by atoms with Crippen LogP contribution in [0.5, 0.6) is 0 Å². The van der Waals surface area contributed by atoms with Gasteiger partial charge in [0.15, 0.2) is 0 Å². The number of hydrogen-bond acceptors (Lipinski definition) is 3. The van der Waals surface area contributed by atoms with E-state index in [-0.39, 0.29) is 0 Å². The molecule has 3 nitrogen and oxygen atoms in total. The van der Waals surface area contributed by atoms with Gasteiger partial charge in [-0.1, -0.05) is 26.3 Å². The van der Waals surface area contributed by atoms with Crippen LogP contribution in [0, 0.1) is 5.92 Å². The second-order valence-corrected chi connectivity index (χ2v) is 4.51. The highest BCUT2D eigenvalue weighted by atomic mass is 15.2. The maximum Gasteiger partial charge on any atom is 0.0299 e. The minimum atomic E-state index is 0.412. The predicted molar refractivity (Wildman–Crippen MR) is 67.7 cm³/mol. The quantitative estimate of drug-likeness (QED) is 0.548. The molecule has 2 atom stereocenters. The highest BCUT2D eigenvalue weighted by Crippen LogP contribution is 2.13. The summed E-state index contributed by atoms with van der Waals surface area (Å²) >= 11 is 0. The van der Waals surface area contributed by atoms with Crippen molar-refractivity contribution in [3.63, 3.8) is 0 Å². The van der Waals surface area contributed by atoms with Crippen LogP contribution < -0.4 is 11.3 Å². The first-order chi connectivity index (χ1) is 7.76. The average molecular weight is 221 g/mol. The lowest BCUT2D eigenvalue weighted by atomic mass is 9.95. The number of nitrogens with one attached hydrogen (secondary N) is 1. The summed E-state index contributed by atoms with van der Waals surface area (Å²) in [6, 6.07) is 4.51. The van der Waals surface area contributed by atoms with Crippen LogP contribution in [0.25, 0.3) is 0 Å². The van der Waals surface area contributed by atoms with Crippen molar-refractivity contribution in [3.05, 3.63) is 30.1 Å². The molecule has 0 aliphatic heterocycles. The molecule has 0 aromatic carbocycles. The summed E-state index contributed by atoms with van der Waals surface area (Å²) < 4.78 is 0. The minimum absolute atomic E-state index is 0.412. The Morgan fingerprint density at radius 1 is 1.50 bits per heavy atom. The van der Waals surface area contributed by atoms with Crippen molar-refractivity contribution in [1.82, 2.24) is 10.4 Å². The maximum atomic E-state index is 5.57. The van der Waals surface area contributed by atoms with Gasteiger partial charge in [0, 0.05) is 18.4 Å². The van der Waals surface area contributed by atoms with Crippen LogP contribution in [0.15, 0.2) is 24.5 Å². The molecular formula is C13H23N3. The van der Waals surface area contributed by atoms with E-state index in [2.05, 4.69) is 30.3 Å². The van der Waals surface area contributed by atoms with Crippen LogP contribution in [0.1, 0.15) is 38.7 Å². The zero-order valence-electron chi connectivity index (χ0n) is 10.3. The molecule has 0 bridgehead atoms. The average Bonchev–Trinajstić information content (AvgIpc) is 2.35. The van der Waals surface area contributed by atoms with E-state index in [0.29, 0.717) is 6.04 Å². The molecule has 1 aromatic rings. The van der Waals surface area contributed by atoms with E-state index in [1.807, 2.05) is 12.3 Å². The van der Waals surface area contributed by atoms with Gasteiger partial charge in [0.25, 0.3) is 0 Å². The largest absolute Gasteiger partial charge is 0.271 e. The molecule has 0 saturated heterocycles. The summed E-state index contributed by atoms with van der Waals surface area (Å²) in [5, 5.41) is 0. The fraction of sp³-hybridized carbons (Fsp3) is 0.615. The Bertz CT molecular complexity index is 274. The zero-order chi connectivity index (χ0) is 11.8. The maximum absolute atomic E-state index is 5.57. The van der Waals surface area contributed by atoms with E-state index < -0.39 is 0 Å². The fourth-order valence-corrected chi connectivity index (χ4v) is 1.81. The molecule has 1 aromatic heterocycles. The number of hydrogen-bond donors (Lipinski definition) is 2. The van der Waals surface area contributed by atoms with Crippen molar-refractivity contribution in [3.8, 4) is 0 Å². The predicted octanol–water partition coefficient (Wildman–Crippen LogP) is 2.28. The van der Waals surface area contributed by atoms with Crippen LogP contribution in [0.4, 0.5) is 0 Å². The van der Waals surface area contributed by atoms with Crippen LogP contribution in [-0.2, 0) is 6.42 Å². The SMILES string of the molecule is CCC(C)CC(CCc1cccnc1)NN. The molecule has 0 aliphatic carbocycles. The molecular weight excluding hydrogens is 198 g/mol. The molecule has 1 rings (SSSR count). The van der Waals surface area contributed by atoms with E-state index in [1.165, 1.54) is 12.0 Å². The van der Waals surface area contributed by atoms with Gasteiger partial charge in [0.2, 0.25) is 0 Å². The molecule has 16 heavy (non-hydrogen) atoms. The Balaban J connectivity index is 2.34. The second-order valence-electron chi connectivity index (χ2n) is 4.51. The van der Waals surface area contributed by atoms with E-state index in [4.69, 9.17) is 5.84 Å². The number of nitrogens with two attached hydrogens (primary N) is 1. The van der Waals surface area contributed by atoms with Crippen molar-refractivity contribution < 1.29 is 0 Å². The number of pyridine rings is 1. The van der Waals surface area contributed by atoms with Gasteiger partial charge in [-0.25, -0.2) is 0 Å². The molecule has 90 valence electrons. The highest BCUT2D eigenvalue weighted by molar-refractivity contribution is 5.08. The van der Waals surface area contributed by atoms with Gasteiger partial charge in [0.05, 0.1) is 0 Å². The molecule has 2 unspecified atom stereocenters. The number of aryl methyl sites for hydroxylation is 1. The summed E-state index contributed by atoms with van der Waals surface area (Å²) in [7, 11) is 0. The molecule has 0 saturated carbocycles. The summed E-state index contributed by atoms with van der Waals surface area (Å²) in [6.45, 7) is 4.49. The zero-order valence-corrected chi connectivity index (χ0v) is 10.3. The Morgan fingerprint density at radius 3 is 2.88 bits per heavy atom. The monoisotopic (exact) mass is 221 g/mol. The van der Waals surface area contributed by atoms with E-state index in [9.17, 15) is 0 Å². The van der Waals surface area contributed by atoms with Crippen LogP contribution in [0.2, 0.25) is 0 Å². The molecule has 0 radical (unpaired) electrons. The van der Waals surface area contributed by atoms with Crippen molar-refractivity contribution in [2.24, 2.45) is 11.8 Å². The van der Waals surface area contributed by atoms with Gasteiger partial charge in [-0.2, -0.15) is 0 Å². The Morgan fingerprint density at radius 2 is 2.31 bits per heavy atom. The first-order valence-corrected chi connectivity index (χ1v) is 6.11. The number of aromatic nitrogens is 1. The molecule has 3 N–H and O–H groups in total. The topological polar surface area (TPSA) is 50.9 Å². The fourth-order valence-electron chi connectivity index (χ4n) is 1.81. The molecule has 3 heteroatoms. The number of rotatable bonds is 7. The Labute approximate surface area is 98.4 Å². The van der Waals surface area contributed by atoms with Gasteiger partial charge in [0.1, 0.15) is 0 Å². The Hall–Kier alpha value is -0.930. The van der Waals surface area contributed by atoms with Crippen molar-refractivity contribution in [2.75, 3.05) is 0 Å². The molecule has 0 amide bonds. The summed E-state index contributed by atoms with van der Waals surface area (Å²) in [5.41, 5.74) is 4.20. The highest BCUT2D eigenvalue weighted by Gasteiger charge is 2.10.